The van der Waals surface area contributed by atoms with Crippen molar-refractivity contribution in [1.82, 2.24) is 14.9 Å². The van der Waals surface area contributed by atoms with E-state index in [2.05, 4.69) is 27.6 Å². The van der Waals surface area contributed by atoms with Crippen molar-refractivity contribution in [3.63, 3.8) is 0 Å². The summed E-state index contributed by atoms with van der Waals surface area (Å²) in [5, 5.41) is 3.18. The predicted octanol–water partition coefficient (Wildman–Crippen LogP) is 0.913. The van der Waals surface area contributed by atoms with Crippen LogP contribution in [0.5, 0.6) is 0 Å². The van der Waals surface area contributed by atoms with Crippen LogP contribution in [0.1, 0.15) is 31.2 Å². The van der Waals surface area contributed by atoms with Gasteiger partial charge in [0.2, 0.25) is 5.91 Å². The lowest BCUT2D eigenvalue weighted by Crippen LogP contribution is -2.24. The van der Waals surface area contributed by atoms with Crippen molar-refractivity contribution >= 4 is 17.5 Å². The number of nitrogens with one attached hydrogen (secondary N) is 2. The molecule has 0 aromatic carbocycles. The number of nitrogens with zero attached hydrogens (tertiary/aromatic N) is 3. The predicted molar refractivity (Wildman–Crippen MR) is 80.4 cm³/mol. The van der Waals surface area contributed by atoms with Crippen molar-refractivity contribution in [2.45, 2.75) is 33.1 Å². The molecular weight excluding hydrogens is 256 g/mol. The maximum atomic E-state index is 11.5. The highest BCUT2D eigenvalue weighted by Gasteiger charge is 2.10. The Morgan fingerprint density at radius 3 is 2.50 bits per heavy atom. The average Bonchev–Trinajstić information content (AvgIpc) is 2.41. The van der Waals surface area contributed by atoms with Crippen molar-refractivity contribution in [2.75, 3.05) is 31.4 Å². The largest absolute Gasteiger partial charge is 0.369 e. The van der Waals surface area contributed by atoms with E-state index >= 15 is 0 Å². The molecule has 0 aliphatic carbocycles. The number of carbonyl (C=O) groups is 1. The van der Waals surface area contributed by atoms with Crippen LogP contribution in [-0.2, 0) is 11.2 Å². The first-order chi connectivity index (χ1) is 9.49. The molecule has 1 aromatic heterocycles. The topological polar surface area (TPSA) is 96.2 Å². The fourth-order valence-electron chi connectivity index (χ4n) is 1.72. The molecule has 0 aliphatic heterocycles. The van der Waals surface area contributed by atoms with Gasteiger partial charge in [0.15, 0.2) is 0 Å². The Morgan fingerprint density at radius 1 is 1.30 bits per heavy atom. The summed E-state index contributed by atoms with van der Waals surface area (Å²) in [5.74, 6) is 7.63. The Morgan fingerprint density at radius 2 is 1.95 bits per heavy atom. The van der Waals surface area contributed by atoms with Crippen LogP contribution in [0, 0.1) is 6.92 Å². The molecule has 0 saturated carbocycles. The molecule has 1 heterocycles. The molecule has 0 fully saturated rings. The Kier molecular flexibility index (Phi) is 6.17. The van der Waals surface area contributed by atoms with E-state index in [0.717, 1.165) is 30.0 Å². The van der Waals surface area contributed by atoms with E-state index in [1.54, 1.807) is 19.0 Å². The Hall–Kier alpha value is -1.89. The molecule has 7 heteroatoms. The number of nitrogens with two attached hydrogens (primary N) is 1. The Labute approximate surface area is 119 Å². The molecule has 1 aromatic rings. The summed E-state index contributed by atoms with van der Waals surface area (Å²) in [4.78, 5) is 21.9. The molecule has 0 atom stereocenters. The molecule has 0 radical (unpaired) electrons. The average molecular weight is 280 g/mol. The Bertz CT molecular complexity index is 460. The molecule has 7 nitrogen and oxygen atoms in total. The normalized spacial score (nSPS) is 10.2. The summed E-state index contributed by atoms with van der Waals surface area (Å²) >= 11 is 0. The number of anilines is 2. The summed E-state index contributed by atoms with van der Waals surface area (Å²) in [6.07, 6.45) is 2.18. The van der Waals surface area contributed by atoms with Gasteiger partial charge in [-0.1, -0.05) is 6.92 Å². The molecule has 0 aliphatic rings. The lowest BCUT2D eigenvalue weighted by atomic mass is 10.2. The van der Waals surface area contributed by atoms with Gasteiger partial charge < -0.3 is 15.6 Å². The number of carbonyl (C=O) groups excluding carboxylic acids is 1. The molecular formula is C13H24N6O. The maximum Gasteiger partial charge on any atom is 0.223 e. The van der Waals surface area contributed by atoms with E-state index in [9.17, 15) is 4.79 Å². The van der Waals surface area contributed by atoms with Gasteiger partial charge in [0.1, 0.15) is 17.5 Å². The van der Waals surface area contributed by atoms with Gasteiger partial charge >= 0.3 is 0 Å². The number of hydrogen-bond donors (Lipinski definition) is 3. The van der Waals surface area contributed by atoms with Gasteiger partial charge in [0.05, 0.1) is 0 Å². The van der Waals surface area contributed by atoms with Gasteiger partial charge in [-0.05, 0) is 13.3 Å². The molecule has 1 amide bonds. The number of nitrogen functional groups attached to an aromatic ring is 1. The molecule has 112 valence electrons. The minimum absolute atomic E-state index is 0.0789. The summed E-state index contributed by atoms with van der Waals surface area (Å²) in [6.45, 7) is 4.49. The molecule has 0 spiro atoms. The number of amides is 1. The SMILES string of the molecule is CCCc1nc(NN)c(C)c(NCCC(=O)N(C)C)n1. The first-order valence-corrected chi connectivity index (χ1v) is 6.77. The van der Waals surface area contributed by atoms with Crippen LogP contribution in [0.2, 0.25) is 0 Å². The molecule has 0 bridgehead atoms. The summed E-state index contributed by atoms with van der Waals surface area (Å²) in [5.41, 5.74) is 3.44. The second-order valence-corrected chi connectivity index (χ2v) is 4.82. The molecule has 0 saturated heterocycles. The molecule has 0 unspecified atom stereocenters. The van der Waals surface area contributed by atoms with E-state index in [1.807, 2.05) is 6.92 Å². The zero-order valence-electron chi connectivity index (χ0n) is 12.7. The van der Waals surface area contributed by atoms with Gasteiger partial charge in [0.25, 0.3) is 0 Å². The van der Waals surface area contributed by atoms with Crippen LogP contribution in [0.3, 0.4) is 0 Å². The number of hydrogen-bond acceptors (Lipinski definition) is 6. The monoisotopic (exact) mass is 280 g/mol. The standard InChI is InChI=1S/C13H24N6O/c1-5-6-10-16-12(9(2)13(17-10)18-14)15-8-7-11(20)19(3)4/h5-8,14H2,1-4H3,(H2,15,16,17,18). The van der Waals surface area contributed by atoms with Crippen molar-refractivity contribution in [3.05, 3.63) is 11.4 Å². The number of rotatable bonds is 7. The highest BCUT2D eigenvalue weighted by Crippen LogP contribution is 2.19. The van der Waals surface area contributed by atoms with Crippen LogP contribution in [0.25, 0.3) is 0 Å². The van der Waals surface area contributed by atoms with Gasteiger partial charge in [-0.15, -0.1) is 0 Å². The first-order valence-electron chi connectivity index (χ1n) is 6.77. The van der Waals surface area contributed by atoms with Gasteiger partial charge in [-0.3, -0.25) is 4.79 Å². The van der Waals surface area contributed by atoms with Gasteiger partial charge in [0, 0.05) is 39.0 Å². The maximum absolute atomic E-state index is 11.5. The van der Waals surface area contributed by atoms with Crippen LogP contribution in [0.15, 0.2) is 0 Å². The fraction of sp³-hybridized carbons (Fsp3) is 0.615. The number of aromatic nitrogens is 2. The highest BCUT2D eigenvalue weighted by molar-refractivity contribution is 5.76. The van der Waals surface area contributed by atoms with Crippen LogP contribution >= 0.6 is 0 Å². The number of hydrazine groups is 1. The summed E-state index contributed by atoms with van der Waals surface area (Å²) in [6, 6.07) is 0. The van der Waals surface area contributed by atoms with E-state index in [0.29, 0.717) is 18.8 Å². The lowest BCUT2D eigenvalue weighted by molar-refractivity contribution is -0.128. The highest BCUT2D eigenvalue weighted by atomic mass is 16.2. The third-order valence-corrected chi connectivity index (χ3v) is 2.93. The van der Waals surface area contributed by atoms with E-state index in [1.165, 1.54) is 0 Å². The number of aryl methyl sites for hydroxylation is 1. The zero-order valence-corrected chi connectivity index (χ0v) is 12.7. The molecule has 20 heavy (non-hydrogen) atoms. The second-order valence-electron chi connectivity index (χ2n) is 4.82. The minimum atomic E-state index is 0.0789. The molecule has 4 N–H and O–H groups in total. The van der Waals surface area contributed by atoms with E-state index in [-0.39, 0.29) is 5.91 Å². The fourth-order valence-corrected chi connectivity index (χ4v) is 1.72. The third-order valence-electron chi connectivity index (χ3n) is 2.93. The van der Waals surface area contributed by atoms with E-state index in [4.69, 9.17) is 5.84 Å². The second kappa shape index (κ2) is 7.64. The lowest BCUT2D eigenvalue weighted by Gasteiger charge is -2.14. The van der Waals surface area contributed by atoms with Crippen LogP contribution < -0.4 is 16.6 Å². The van der Waals surface area contributed by atoms with E-state index < -0.39 is 0 Å². The van der Waals surface area contributed by atoms with Crippen LogP contribution in [0.4, 0.5) is 11.6 Å². The van der Waals surface area contributed by atoms with Crippen molar-refractivity contribution < 1.29 is 4.79 Å². The first kappa shape index (κ1) is 16.2. The minimum Gasteiger partial charge on any atom is -0.369 e. The Balaban J connectivity index is 2.77. The quantitative estimate of drug-likeness (QED) is 0.507. The van der Waals surface area contributed by atoms with Gasteiger partial charge in [-0.25, -0.2) is 15.8 Å². The molecule has 1 rings (SSSR count). The zero-order chi connectivity index (χ0) is 15.1. The van der Waals surface area contributed by atoms with Crippen molar-refractivity contribution in [1.29, 1.82) is 0 Å². The van der Waals surface area contributed by atoms with Gasteiger partial charge in [-0.2, -0.15) is 0 Å². The summed E-state index contributed by atoms with van der Waals surface area (Å²) in [7, 11) is 3.49. The smallest absolute Gasteiger partial charge is 0.223 e. The van der Waals surface area contributed by atoms with Crippen molar-refractivity contribution in [2.24, 2.45) is 5.84 Å². The third kappa shape index (κ3) is 4.34. The van der Waals surface area contributed by atoms with Crippen LogP contribution in [-0.4, -0.2) is 41.4 Å². The summed E-state index contributed by atoms with van der Waals surface area (Å²) < 4.78 is 0. The van der Waals surface area contributed by atoms with Crippen molar-refractivity contribution in [3.8, 4) is 0 Å².